The molecule has 0 spiro atoms. The van der Waals surface area contributed by atoms with Crippen LogP contribution in [0.4, 0.5) is 4.39 Å². The van der Waals surface area contributed by atoms with Crippen molar-refractivity contribution in [2.24, 2.45) is 0 Å². The van der Waals surface area contributed by atoms with Gasteiger partial charge < -0.3 is 15.2 Å². The molecule has 2 aromatic rings. The van der Waals surface area contributed by atoms with Crippen LogP contribution in [-0.2, 0) is 0 Å². The number of fused-ring (bicyclic) bond motifs is 1. The molecule has 3 heterocycles. The van der Waals surface area contributed by atoms with Crippen LogP contribution in [0.2, 0.25) is 0 Å². The van der Waals surface area contributed by atoms with Crippen molar-refractivity contribution in [2.45, 2.75) is 18.8 Å². The van der Waals surface area contributed by atoms with Gasteiger partial charge in [-0.05, 0) is 43.3 Å². The second-order valence-corrected chi connectivity index (χ2v) is 9.59. The summed E-state index contributed by atoms with van der Waals surface area (Å²) in [7, 11) is 5.01. The molecule has 1 N–H and O–H groups in total. The lowest BCUT2D eigenvalue weighted by molar-refractivity contribution is 0.286. The summed E-state index contributed by atoms with van der Waals surface area (Å²) in [6, 6.07) is 6.61. The summed E-state index contributed by atoms with van der Waals surface area (Å²) in [6.45, 7) is 7.84. The monoisotopic (exact) mass is 476 g/mol. The van der Waals surface area contributed by atoms with Crippen molar-refractivity contribution in [1.82, 2.24) is 24.9 Å². The number of hydrogen-bond donors (Lipinski definition) is 1. The number of nitrogens with zero attached hydrogens (tertiary/aromatic N) is 5. The third-order valence-electron chi connectivity index (χ3n) is 6.55. The highest BCUT2D eigenvalue weighted by Crippen LogP contribution is 2.38. The van der Waals surface area contributed by atoms with Crippen LogP contribution in [0.25, 0.3) is 11.3 Å². The maximum atomic E-state index is 13.8. The van der Waals surface area contributed by atoms with E-state index in [0.29, 0.717) is 0 Å². The van der Waals surface area contributed by atoms with Crippen LogP contribution < -0.4 is 15.8 Å². The van der Waals surface area contributed by atoms with Gasteiger partial charge in [0.1, 0.15) is 5.82 Å². The predicted octanol–water partition coefficient (Wildman–Crippen LogP) is 3.40. The van der Waals surface area contributed by atoms with Crippen LogP contribution in [0.3, 0.4) is 0 Å². The van der Waals surface area contributed by atoms with Gasteiger partial charge >= 0.3 is 0 Å². The van der Waals surface area contributed by atoms with Crippen LogP contribution in [0.5, 0.6) is 0 Å². The number of halogens is 1. The molecule has 1 aliphatic carbocycles. The molecule has 176 valence electrons. The lowest BCUT2D eigenvalue weighted by Gasteiger charge is -2.38. The van der Waals surface area contributed by atoms with E-state index in [1.54, 1.807) is 12.4 Å². The van der Waals surface area contributed by atoms with Gasteiger partial charge in [-0.1, -0.05) is 28.0 Å². The zero-order chi connectivity index (χ0) is 23.7. The zero-order valence-corrected chi connectivity index (χ0v) is 20.6. The van der Waals surface area contributed by atoms with Crippen LogP contribution in [0, 0.1) is 5.82 Å². The third kappa shape index (κ3) is 4.63. The van der Waals surface area contributed by atoms with Crippen LogP contribution in [-0.4, -0.2) is 52.8 Å². The standard InChI is InChI=1S/C26H30FN6P/c1-18-15-21-16-20(5-8-23(21)30-18)26-25(19-3-6-22(27)7-4-19)29-10-9-28-17-24(34)33(26)32-13-11-31(2)12-14-32/h3-4,6-10,16-17,20,30H,1,5,11-15,34H2,2H3. The molecule has 8 heteroatoms. The molecule has 2 fully saturated rings. The first-order chi connectivity index (χ1) is 16.5. The minimum atomic E-state index is -0.259. The Morgan fingerprint density at radius 2 is 1.88 bits per heavy atom. The van der Waals surface area contributed by atoms with E-state index < -0.39 is 0 Å². The van der Waals surface area contributed by atoms with E-state index in [4.69, 9.17) is 4.98 Å². The zero-order valence-electron chi connectivity index (χ0n) is 19.4. The highest BCUT2D eigenvalue weighted by Gasteiger charge is 2.28. The minimum Gasteiger partial charge on any atom is -0.359 e. The Balaban J connectivity index is 1.76. The van der Waals surface area contributed by atoms with Crippen LogP contribution in [0.15, 0.2) is 78.6 Å². The fourth-order valence-corrected chi connectivity index (χ4v) is 5.21. The molecule has 1 aromatic carbocycles. The number of allylic oxidation sites excluding steroid dienone is 4. The van der Waals surface area contributed by atoms with Gasteiger partial charge in [0.25, 0.3) is 0 Å². The molecular weight excluding hydrogens is 446 g/mol. The number of hydrogen-bond acceptors (Lipinski definition) is 5. The van der Waals surface area contributed by atoms with Crippen molar-refractivity contribution in [3.8, 4) is 11.3 Å². The minimum absolute atomic E-state index is 0.0883. The van der Waals surface area contributed by atoms with Crippen molar-refractivity contribution in [3.05, 3.63) is 90.1 Å². The van der Waals surface area contributed by atoms with Gasteiger partial charge in [0.2, 0.25) is 0 Å². The van der Waals surface area contributed by atoms with Crippen molar-refractivity contribution < 1.29 is 4.39 Å². The first kappa shape index (κ1) is 22.8. The molecule has 34 heavy (non-hydrogen) atoms. The fourth-order valence-electron chi connectivity index (χ4n) is 4.82. The molecule has 1 aromatic heterocycles. The largest absolute Gasteiger partial charge is 0.359 e. The molecule has 0 saturated carbocycles. The topological polar surface area (TPSA) is 49.2 Å². The summed E-state index contributed by atoms with van der Waals surface area (Å²) >= 11 is 0. The molecule has 2 atom stereocenters. The molecule has 2 unspecified atom stereocenters. The Labute approximate surface area is 202 Å². The number of piperazine rings is 1. The van der Waals surface area contributed by atoms with E-state index in [9.17, 15) is 4.39 Å². The number of aromatic nitrogens is 3. The van der Waals surface area contributed by atoms with E-state index in [1.807, 2.05) is 18.3 Å². The first-order valence-electron chi connectivity index (χ1n) is 11.6. The molecule has 3 aliphatic rings. The maximum absolute atomic E-state index is 13.8. The maximum Gasteiger partial charge on any atom is 0.123 e. The Morgan fingerprint density at radius 3 is 2.65 bits per heavy atom. The smallest absolute Gasteiger partial charge is 0.123 e. The van der Waals surface area contributed by atoms with Gasteiger partial charge in [-0.25, -0.2) is 4.39 Å². The Bertz CT molecular complexity index is 1210. The van der Waals surface area contributed by atoms with Gasteiger partial charge in [0.05, 0.1) is 23.0 Å². The van der Waals surface area contributed by atoms with Crippen molar-refractivity contribution in [1.29, 1.82) is 0 Å². The van der Waals surface area contributed by atoms with E-state index in [-0.39, 0.29) is 11.7 Å². The van der Waals surface area contributed by atoms with Crippen LogP contribution >= 0.6 is 9.24 Å². The molecule has 2 aliphatic heterocycles. The van der Waals surface area contributed by atoms with Gasteiger partial charge in [-0.3, -0.25) is 14.6 Å². The SMILES string of the molecule is C=C1CC2=CC(c3c(-c4ccc(F)cc4)nccncc(P)n3N3CCN(C)CC3)CC=C2N1. The molecule has 6 nitrogen and oxygen atoms in total. The second kappa shape index (κ2) is 9.69. The summed E-state index contributed by atoms with van der Waals surface area (Å²) in [6.07, 6.45) is 11.5. The quantitative estimate of drug-likeness (QED) is 0.689. The normalized spacial score (nSPS) is 20.3. The van der Waals surface area contributed by atoms with Gasteiger partial charge in [0.15, 0.2) is 0 Å². The molecule has 0 radical (unpaired) electrons. The lowest BCUT2D eigenvalue weighted by atomic mass is 9.89. The Morgan fingerprint density at radius 1 is 1.12 bits per heavy atom. The van der Waals surface area contributed by atoms with Gasteiger partial charge in [0, 0.05) is 67.9 Å². The van der Waals surface area contributed by atoms with Gasteiger partial charge in [-0.2, -0.15) is 0 Å². The highest BCUT2D eigenvalue weighted by atomic mass is 31.0. The lowest BCUT2D eigenvalue weighted by Crippen LogP contribution is -2.53. The number of rotatable bonds is 3. The van der Waals surface area contributed by atoms with Crippen molar-refractivity contribution in [2.75, 3.05) is 38.2 Å². The summed E-state index contributed by atoms with van der Waals surface area (Å²) in [5, 5.41) is 5.77. The van der Waals surface area contributed by atoms with E-state index >= 15 is 0 Å². The summed E-state index contributed by atoms with van der Waals surface area (Å²) in [5.41, 5.74) is 7.16. The number of nitrogens with one attached hydrogen (secondary N) is 1. The molecular formula is C26H30FN6P. The molecule has 0 amide bonds. The van der Waals surface area contributed by atoms with Gasteiger partial charge in [-0.15, -0.1) is 0 Å². The molecule has 2 saturated heterocycles. The van der Waals surface area contributed by atoms with Crippen molar-refractivity contribution >= 4 is 14.7 Å². The number of likely N-dealkylation sites (N-methyl/N-ethyl adjacent to an activating group) is 1. The summed E-state index contributed by atoms with van der Waals surface area (Å²) < 4.78 is 16.1. The Hall–Kier alpha value is -3.02. The van der Waals surface area contributed by atoms with E-state index in [0.717, 1.165) is 72.8 Å². The molecule has 5 rings (SSSR count). The number of benzene rings is 1. The molecule has 0 bridgehead atoms. The third-order valence-corrected chi connectivity index (χ3v) is 6.94. The highest BCUT2D eigenvalue weighted by molar-refractivity contribution is 7.27. The predicted molar refractivity (Wildman–Crippen MR) is 138 cm³/mol. The average molecular weight is 477 g/mol. The van der Waals surface area contributed by atoms with E-state index in [1.165, 1.54) is 17.7 Å². The fraction of sp³-hybridized carbons (Fsp3) is 0.308. The Kier molecular flexibility index (Phi) is 6.48. The van der Waals surface area contributed by atoms with E-state index in [2.05, 4.69) is 59.9 Å². The van der Waals surface area contributed by atoms with Crippen LogP contribution in [0.1, 0.15) is 24.5 Å². The average Bonchev–Trinajstić information content (AvgIpc) is 3.23. The van der Waals surface area contributed by atoms with Crippen molar-refractivity contribution in [3.63, 3.8) is 0 Å². The summed E-state index contributed by atoms with van der Waals surface area (Å²) in [4.78, 5) is 11.7. The summed E-state index contributed by atoms with van der Waals surface area (Å²) in [5.74, 6) is -0.171. The second-order valence-electron chi connectivity index (χ2n) is 9.00. The first-order valence-corrected chi connectivity index (χ1v) is 12.2.